The number of rotatable bonds is 2. The maximum Gasteiger partial charge on any atom is 0.129 e. The molecule has 2 aromatic rings. The zero-order valence-electron chi connectivity index (χ0n) is 7.78. The van der Waals surface area contributed by atoms with Gasteiger partial charge in [-0.1, -0.05) is 22.0 Å². The molecule has 0 aliphatic rings. The first-order valence-electron chi connectivity index (χ1n) is 4.41. The van der Waals surface area contributed by atoms with Gasteiger partial charge in [-0.3, -0.25) is 0 Å². The van der Waals surface area contributed by atoms with Crippen LogP contribution in [-0.2, 0) is 0 Å². The van der Waals surface area contributed by atoms with Gasteiger partial charge in [0.15, 0.2) is 0 Å². The van der Waals surface area contributed by atoms with Crippen LogP contribution >= 0.6 is 27.3 Å². The average molecular weight is 286 g/mol. The molecule has 1 heterocycles. The number of hydrogen-bond donors (Lipinski definition) is 1. The van der Waals surface area contributed by atoms with Crippen molar-refractivity contribution in [2.75, 3.05) is 0 Å². The highest BCUT2D eigenvalue weighted by molar-refractivity contribution is 9.10. The van der Waals surface area contributed by atoms with Crippen molar-refractivity contribution in [3.63, 3.8) is 0 Å². The third-order valence-corrected chi connectivity index (χ3v) is 3.61. The van der Waals surface area contributed by atoms with Crippen LogP contribution in [0.5, 0.6) is 0 Å². The first kappa shape index (κ1) is 10.8. The fourth-order valence-corrected chi connectivity index (χ4v) is 2.71. The second kappa shape index (κ2) is 4.43. The van der Waals surface area contributed by atoms with E-state index in [0.717, 1.165) is 5.56 Å². The smallest absolute Gasteiger partial charge is 0.129 e. The van der Waals surface area contributed by atoms with Crippen molar-refractivity contribution in [2.45, 2.75) is 6.04 Å². The molecule has 0 saturated carbocycles. The summed E-state index contributed by atoms with van der Waals surface area (Å²) < 4.78 is 14.3. The van der Waals surface area contributed by atoms with Crippen molar-refractivity contribution in [2.24, 2.45) is 5.73 Å². The van der Waals surface area contributed by atoms with E-state index >= 15 is 0 Å². The van der Waals surface area contributed by atoms with Gasteiger partial charge in [0.05, 0.1) is 6.04 Å². The van der Waals surface area contributed by atoms with E-state index in [9.17, 15) is 4.39 Å². The average Bonchev–Trinajstić information content (AvgIpc) is 2.69. The van der Waals surface area contributed by atoms with E-state index in [4.69, 9.17) is 5.73 Å². The molecule has 1 nitrogen and oxygen atoms in total. The minimum atomic E-state index is -0.410. The summed E-state index contributed by atoms with van der Waals surface area (Å²) in [6.07, 6.45) is 0. The van der Waals surface area contributed by atoms with Crippen molar-refractivity contribution in [1.82, 2.24) is 0 Å². The second-order valence-corrected chi connectivity index (χ2v) is 4.80. The molecule has 78 valence electrons. The topological polar surface area (TPSA) is 26.0 Å². The number of thiophene rings is 1. The molecule has 0 radical (unpaired) electrons. The molecule has 0 unspecified atom stereocenters. The van der Waals surface area contributed by atoms with Crippen molar-refractivity contribution in [3.05, 3.63) is 56.4 Å². The van der Waals surface area contributed by atoms with Crippen LogP contribution in [-0.4, -0.2) is 0 Å². The SMILES string of the molecule is N[C@@H](c1ccsc1)c1c(F)cccc1Br. The van der Waals surface area contributed by atoms with Crippen molar-refractivity contribution < 1.29 is 4.39 Å². The van der Waals surface area contributed by atoms with E-state index in [-0.39, 0.29) is 5.82 Å². The van der Waals surface area contributed by atoms with Gasteiger partial charge in [0.1, 0.15) is 5.82 Å². The number of hydrogen-bond acceptors (Lipinski definition) is 2. The largest absolute Gasteiger partial charge is 0.320 e. The summed E-state index contributed by atoms with van der Waals surface area (Å²) in [5, 5.41) is 3.87. The molecular formula is C11H9BrFNS. The Morgan fingerprint density at radius 2 is 2.13 bits per heavy atom. The molecular weight excluding hydrogens is 277 g/mol. The molecule has 0 bridgehead atoms. The Bertz CT molecular complexity index is 435. The minimum absolute atomic E-state index is 0.275. The van der Waals surface area contributed by atoms with Crippen LogP contribution in [0.15, 0.2) is 39.5 Å². The van der Waals surface area contributed by atoms with Gasteiger partial charge in [-0.05, 0) is 34.5 Å². The van der Waals surface area contributed by atoms with Gasteiger partial charge in [0, 0.05) is 10.0 Å². The molecule has 0 amide bonds. The molecule has 0 fully saturated rings. The molecule has 1 aromatic heterocycles. The van der Waals surface area contributed by atoms with E-state index in [2.05, 4.69) is 15.9 Å². The summed E-state index contributed by atoms with van der Waals surface area (Å²) >= 11 is 4.87. The van der Waals surface area contributed by atoms with Gasteiger partial charge in [-0.15, -0.1) is 0 Å². The predicted molar refractivity (Wildman–Crippen MR) is 64.4 cm³/mol. The van der Waals surface area contributed by atoms with Crippen LogP contribution in [0, 0.1) is 5.82 Å². The van der Waals surface area contributed by atoms with Crippen LogP contribution in [0.3, 0.4) is 0 Å². The third-order valence-electron chi connectivity index (χ3n) is 2.21. The van der Waals surface area contributed by atoms with Crippen LogP contribution in [0.2, 0.25) is 0 Å². The lowest BCUT2D eigenvalue weighted by atomic mass is 10.0. The van der Waals surface area contributed by atoms with Gasteiger partial charge in [0.2, 0.25) is 0 Å². The molecule has 15 heavy (non-hydrogen) atoms. The fraction of sp³-hybridized carbons (Fsp3) is 0.0909. The van der Waals surface area contributed by atoms with Crippen LogP contribution in [0.25, 0.3) is 0 Å². The lowest BCUT2D eigenvalue weighted by molar-refractivity contribution is 0.598. The highest BCUT2D eigenvalue weighted by Gasteiger charge is 2.16. The summed E-state index contributed by atoms with van der Waals surface area (Å²) in [6, 6.07) is 6.38. The summed E-state index contributed by atoms with van der Waals surface area (Å²) in [7, 11) is 0. The first-order valence-corrected chi connectivity index (χ1v) is 6.15. The lowest BCUT2D eigenvalue weighted by Gasteiger charge is -2.13. The first-order chi connectivity index (χ1) is 7.20. The highest BCUT2D eigenvalue weighted by atomic mass is 79.9. The zero-order chi connectivity index (χ0) is 10.8. The van der Waals surface area contributed by atoms with E-state index < -0.39 is 6.04 Å². The Hall–Kier alpha value is -0.710. The van der Waals surface area contributed by atoms with Crippen LogP contribution in [0.4, 0.5) is 4.39 Å². The predicted octanol–water partition coefficient (Wildman–Crippen LogP) is 3.70. The monoisotopic (exact) mass is 285 g/mol. The molecule has 0 saturated heterocycles. The van der Waals surface area contributed by atoms with Gasteiger partial charge in [-0.2, -0.15) is 11.3 Å². The Morgan fingerprint density at radius 3 is 2.73 bits per heavy atom. The summed E-state index contributed by atoms with van der Waals surface area (Å²) in [6.45, 7) is 0. The molecule has 0 aliphatic heterocycles. The molecule has 2 N–H and O–H groups in total. The van der Waals surface area contributed by atoms with Crippen molar-refractivity contribution >= 4 is 27.3 Å². The molecule has 4 heteroatoms. The van der Waals surface area contributed by atoms with Crippen LogP contribution < -0.4 is 5.73 Å². The summed E-state index contributed by atoms with van der Waals surface area (Å²) in [5.41, 5.74) is 7.45. The normalized spacial score (nSPS) is 12.7. The molecule has 0 aliphatic carbocycles. The van der Waals surface area contributed by atoms with E-state index in [1.54, 1.807) is 23.5 Å². The Kier molecular flexibility index (Phi) is 3.19. The summed E-state index contributed by atoms with van der Waals surface area (Å²) in [5.74, 6) is -0.275. The van der Waals surface area contributed by atoms with Gasteiger partial charge >= 0.3 is 0 Å². The minimum Gasteiger partial charge on any atom is -0.320 e. The fourth-order valence-electron chi connectivity index (χ4n) is 1.43. The Labute approximate surface area is 99.9 Å². The van der Waals surface area contributed by atoms with Gasteiger partial charge < -0.3 is 5.73 Å². The highest BCUT2D eigenvalue weighted by Crippen LogP contribution is 2.29. The zero-order valence-corrected chi connectivity index (χ0v) is 10.2. The van der Waals surface area contributed by atoms with E-state index in [1.165, 1.54) is 6.07 Å². The third kappa shape index (κ3) is 2.12. The van der Waals surface area contributed by atoms with Crippen LogP contribution in [0.1, 0.15) is 17.2 Å². The molecule has 0 spiro atoms. The van der Waals surface area contributed by atoms with Crippen molar-refractivity contribution in [1.29, 1.82) is 0 Å². The lowest BCUT2D eigenvalue weighted by Crippen LogP contribution is -2.13. The standard InChI is InChI=1S/C11H9BrFNS/c12-8-2-1-3-9(13)10(8)11(14)7-4-5-15-6-7/h1-6,11H,14H2/t11-/m0/s1. The molecule has 2 rings (SSSR count). The van der Waals surface area contributed by atoms with E-state index in [1.807, 2.05) is 16.8 Å². The number of halogens is 2. The Morgan fingerprint density at radius 1 is 1.33 bits per heavy atom. The van der Waals surface area contributed by atoms with Crippen molar-refractivity contribution in [3.8, 4) is 0 Å². The molecule has 1 aromatic carbocycles. The van der Waals surface area contributed by atoms with Gasteiger partial charge in [0.25, 0.3) is 0 Å². The quantitative estimate of drug-likeness (QED) is 0.895. The Balaban J connectivity index is 2.46. The maximum atomic E-state index is 13.6. The van der Waals surface area contributed by atoms with E-state index in [0.29, 0.717) is 10.0 Å². The number of benzene rings is 1. The maximum absolute atomic E-state index is 13.6. The number of nitrogens with two attached hydrogens (primary N) is 1. The summed E-state index contributed by atoms with van der Waals surface area (Å²) in [4.78, 5) is 0. The second-order valence-electron chi connectivity index (χ2n) is 3.17. The van der Waals surface area contributed by atoms with Gasteiger partial charge in [-0.25, -0.2) is 4.39 Å². The molecule has 1 atom stereocenters.